The van der Waals surface area contributed by atoms with E-state index < -0.39 is 0 Å². The largest absolute Gasteiger partial charge is 0.345 e. The Hall–Kier alpha value is -3.15. The SMILES string of the molecule is O=C(Nc1nc2ccccc2[nH]1)c1ccc2nc[nH]c2c1. The van der Waals surface area contributed by atoms with E-state index in [0.717, 1.165) is 22.1 Å². The Labute approximate surface area is 119 Å². The zero-order valence-corrected chi connectivity index (χ0v) is 10.9. The van der Waals surface area contributed by atoms with Crippen LogP contribution in [0.25, 0.3) is 22.1 Å². The molecule has 2 aromatic heterocycles. The number of hydrogen-bond donors (Lipinski definition) is 3. The third kappa shape index (κ3) is 2.02. The first kappa shape index (κ1) is 11.7. The van der Waals surface area contributed by atoms with E-state index in [2.05, 4.69) is 25.3 Å². The van der Waals surface area contributed by atoms with E-state index in [1.54, 1.807) is 24.5 Å². The fourth-order valence-corrected chi connectivity index (χ4v) is 2.27. The number of imidazole rings is 2. The summed E-state index contributed by atoms with van der Waals surface area (Å²) in [4.78, 5) is 26.8. The van der Waals surface area contributed by atoms with Crippen LogP contribution in [0, 0.1) is 0 Å². The lowest BCUT2D eigenvalue weighted by Gasteiger charge is -2.01. The zero-order chi connectivity index (χ0) is 14.2. The van der Waals surface area contributed by atoms with E-state index in [1.807, 2.05) is 24.3 Å². The number of rotatable bonds is 2. The Kier molecular flexibility index (Phi) is 2.47. The van der Waals surface area contributed by atoms with Crippen molar-refractivity contribution in [3.05, 3.63) is 54.4 Å². The first-order valence-electron chi connectivity index (χ1n) is 6.49. The minimum atomic E-state index is -0.217. The second-order valence-electron chi connectivity index (χ2n) is 4.69. The number of fused-ring (bicyclic) bond motifs is 2. The molecule has 0 aliphatic rings. The molecule has 1 amide bonds. The molecule has 0 aliphatic carbocycles. The Morgan fingerprint density at radius 2 is 1.95 bits per heavy atom. The predicted octanol–water partition coefficient (Wildman–Crippen LogP) is 2.69. The number of aromatic amines is 2. The van der Waals surface area contributed by atoms with Crippen molar-refractivity contribution >= 4 is 33.9 Å². The molecule has 0 saturated heterocycles. The molecule has 0 atom stereocenters. The number of H-pyrrole nitrogens is 2. The van der Waals surface area contributed by atoms with Gasteiger partial charge in [0.1, 0.15) is 0 Å². The Bertz CT molecular complexity index is 920. The van der Waals surface area contributed by atoms with Gasteiger partial charge in [-0.25, -0.2) is 9.97 Å². The third-order valence-electron chi connectivity index (χ3n) is 3.30. The summed E-state index contributed by atoms with van der Waals surface area (Å²) in [5, 5.41) is 2.76. The minimum absolute atomic E-state index is 0.217. The number of hydrogen-bond acceptors (Lipinski definition) is 3. The number of amides is 1. The van der Waals surface area contributed by atoms with Crippen molar-refractivity contribution in [3.8, 4) is 0 Å². The lowest BCUT2D eigenvalue weighted by atomic mass is 10.2. The highest BCUT2D eigenvalue weighted by Gasteiger charge is 2.10. The van der Waals surface area contributed by atoms with Gasteiger partial charge in [0.15, 0.2) is 0 Å². The summed E-state index contributed by atoms with van der Waals surface area (Å²) in [6.07, 6.45) is 1.60. The predicted molar refractivity (Wildman–Crippen MR) is 80.1 cm³/mol. The van der Waals surface area contributed by atoms with Crippen LogP contribution in [-0.4, -0.2) is 25.8 Å². The van der Waals surface area contributed by atoms with Gasteiger partial charge < -0.3 is 9.97 Å². The van der Waals surface area contributed by atoms with Gasteiger partial charge in [-0.3, -0.25) is 10.1 Å². The van der Waals surface area contributed by atoms with Crippen molar-refractivity contribution in [1.29, 1.82) is 0 Å². The van der Waals surface area contributed by atoms with E-state index in [0.29, 0.717) is 11.5 Å². The van der Waals surface area contributed by atoms with Gasteiger partial charge in [-0.1, -0.05) is 12.1 Å². The number of benzene rings is 2. The molecule has 4 rings (SSSR count). The van der Waals surface area contributed by atoms with Crippen LogP contribution in [0.4, 0.5) is 5.95 Å². The van der Waals surface area contributed by atoms with E-state index in [-0.39, 0.29) is 5.91 Å². The maximum absolute atomic E-state index is 12.3. The van der Waals surface area contributed by atoms with Crippen LogP contribution in [0.1, 0.15) is 10.4 Å². The Morgan fingerprint density at radius 3 is 2.86 bits per heavy atom. The summed E-state index contributed by atoms with van der Waals surface area (Å²) in [7, 11) is 0. The second-order valence-corrected chi connectivity index (χ2v) is 4.69. The number of nitrogens with one attached hydrogen (secondary N) is 3. The van der Waals surface area contributed by atoms with Crippen molar-refractivity contribution < 1.29 is 4.79 Å². The number of carbonyl (C=O) groups is 1. The fourth-order valence-electron chi connectivity index (χ4n) is 2.27. The van der Waals surface area contributed by atoms with Crippen LogP contribution in [0.15, 0.2) is 48.8 Å². The van der Waals surface area contributed by atoms with Gasteiger partial charge in [-0.05, 0) is 30.3 Å². The van der Waals surface area contributed by atoms with Crippen LogP contribution in [0.3, 0.4) is 0 Å². The topological polar surface area (TPSA) is 86.5 Å². The molecule has 0 saturated carbocycles. The minimum Gasteiger partial charge on any atom is -0.345 e. The fraction of sp³-hybridized carbons (Fsp3) is 0. The van der Waals surface area contributed by atoms with Crippen molar-refractivity contribution in [2.45, 2.75) is 0 Å². The van der Waals surface area contributed by atoms with Gasteiger partial charge in [-0.15, -0.1) is 0 Å². The van der Waals surface area contributed by atoms with E-state index in [4.69, 9.17) is 0 Å². The maximum atomic E-state index is 12.3. The number of para-hydroxylation sites is 2. The van der Waals surface area contributed by atoms with Crippen LogP contribution >= 0.6 is 0 Å². The summed E-state index contributed by atoms with van der Waals surface area (Å²) in [6.45, 7) is 0. The van der Waals surface area contributed by atoms with E-state index >= 15 is 0 Å². The standard InChI is InChI=1S/C15H11N5O/c21-14(9-5-6-10-13(7-9)17-8-16-10)20-15-18-11-3-1-2-4-12(11)19-15/h1-8H,(H,16,17)(H2,18,19,20,21). The summed E-state index contributed by atoms with van der Waals surface area (Å²) >= 11 is 0. The second kappa shape index (κ2) is 4.45. The summed E-state index contributed by atoms with van der Waals surface area (Å²) in [5.74, 6) is 0.219. The highest BCUT2D eigenvalue weighted by atomic mass is 16.1. The maximum Gasteiger partial charge on any atom is 0.258 e. The van der Waals surface area contributed by atoms with Crippen molar-refractivity contribution in [2.75, 3.05) is 5.32 Å². The Morgan fingerprint density at radius 1 is 1.05 bits per heavy atom. The summed E-state index contributed by atoms with van der Waals surface area (Å²) in [5.41, 5.74) is 3.91. The normalized spacial score (nSPS) is 11.0. The average molecular weight is 277 g/mol. The highest BCUT2D eigenvalue weighted by Crippen LogP contribution is 2.16. The number of carbonyl (C=O) groups excluding carboxylic acids is 1. The molecule has 0 spiro atoms. The smallest absolute Gasteiger partial charge is 0.258 e. The molecule has 2 heterocycles. The zero-order valence-electron chi connectivity index (χ0n) is 10.9. The average Bonchev–Trinajstić information content (AvgIpc) is 3.11. The third-order valence-corrected chi connectivity index (χ3v) is 3.30. The van der Waals surface area contributed by atoms with Crippen molar-refractivity contribution in [1.82, 2.24) is 19.9 Å². The number of anilines is 1. The van der Waals surface area contributed by atoms with Crippen LogP contribution < -0.4 is 5.32 Å². The van der Waals surface area contributed by atoms with Gasteiger partial charge in [0.2, 0.25) is 5.95 Å². The molecule has 4 aromatic rings. The number of nitrogens with zero attached hydrogens (tertiary/aromatic N) is 2. The summed E-state index contributed by atoms with van der Waals surface area (Å²) < 4.78 is 0. The molecule has 6 heteroatoms. The lowest BCUT2D eigenvalue weighted by molar-refractivity contribution is 0.102. The Balaban J connectivity index is 1.64. The van der Waals surface area contributed by atoms with Gasteiger partial charge in [0, 0.05) is 5.56 Å². The monoisotopic (exact) mass is 277 g/mol. The molecule has 6 nitrogen and oxygen atoms in total. The number of aromatic nitrogens is 4. The van der Waals surface area contributed by atoms with Gasteiger partial charge in [0.25, 0.3) is 5.91 Å². The molecule has 0 fully saturated rings. The van der Waals surface area contributed by atoms with Crippen molar-refractivity contribution in [2.24, 2.45) is 0 Å². The molecule has 0 unspecified atom stereocenters. The van der Waals surface area contributed by atoms with Crippen molar-refractivity contribution in [3.63, 3.8) is 0 Å². The van der Waals surface area contributed by atoms with E-state index in [1.165, 1.54) is 0 Å². The molecule has 0 aliphatic heterocycles. The first-order chi connectivity index (χ1) is 10.3. The van der Waals surface area contributed by atoms with Crippen LogP contribution in [0.5, 0.6) is 0 Å². The van der Waals surface area contributed by atoms with Crippen LogP contribution in [0.2, 0.25) is 0 Å². The molecule has 21 heavy (non-hydrogen) atoms. The summed E-state index contributed by atoms with van der Waals surface area (Å²) in [6, 6.07) is 12.9. The quantitative estimate of drug-likeness (QED) is 0.526. The van der Waals surface area contributed by atoms with Gasteiger partial charge >= 0.3 is 0 Å². The lowest BCUT2D eigenvalue weighted by Crippen LogP contribution is -2.12. The molecule has 0 bridgehead atoms. The molecule has 0 radical (unpaired) electrons. The first-order valence-corrected chi connectivity index (χ1v) is 6.49. The van der Waals surface area contributed by atoms with E-state index in [9.17, 15) is 4.79 Å². The van der Waals surface area contributed by atoms with Crippen LogP contribution in [-0.2, 0) is 0 Å². The highest BCUT2D eigenvalue weighted by molar-refractivity contribution is 6.05. The molecule has 2 aromatic carbocycles. The molecular weight excluding hydrogens is 266 g/mol. The molecular formula is C15H11N5O. The van der Waals surface area contributed by atoms with Gasteiger partial charge in [-0.2, -0.15) is 0 Å². The molecule has 102 valence electrons. The van der Waals surface area contributed by atoms with Gasteiger partial charge in [0.05, 0.1) is 28.4 Å². The molecule has 3 N–H and O–H groups in total.